The Kier molecular flexibility index (Phi) is 5.28. The zero-order valence-corrected chi connectivity index (χ0v) is 19.1. The van der Waals surface area contributed by atoms with E-state index in [-0.39, 0.29) is 17.8 Å². The fourth-order valence-electron chi connectivity index (χ4n) is 3.94. The first kappa shape index (κ1) is 20.2. The van der Waals surface area contributed by atoms with Crippen LogP contribution >= 0.6 is 27.3 Å². The van der Waals surface area contributed by atoms with Crippen LogP contribution in [-0.2, 0) is 0 Å². The fraction of sp³-hybridized carbons (Fsp3) is 0.286. The summed E-state index contributed by atoms with van der Waals surface area (Å²) in [6, 6.07) is 11.3. The molecule has 0 bridgehead atoms. The highest BCUT2D eigenvalue weighted by atomic mass is 79.9. The van der Waals surface area contributed by atoms with Gasteiger partial charge in [-0.25, -0.2) is 4.98 Å². The van der Waals surface area contributed by atoms with E-state index in [1.165, 1.54) is 22.1 Å². The van der Waals surface area contributed by atoms with Crippen molar-refractivity contribution in [3.8, 4) is 5.88 Å². The molecule has 31 heavy (non-hydrogen) atoms. The molecule has 0 spiro atoms. The van der Waals surface area contributed by atoms with E-state index in [1.54, 1.807) is 24.0 Å². The van der Waals surface area contributed by atoms with E-state index >= 15 is 0 Å². The van der Waals surface area contributed by atoms with Crippen molar-refractivity contribution < 1.29 is 14.3 Å². The van der Waals surface area contributed by atoms with Gasteiger partial charge in [0.2, 0.25) is 10.8 Å². The van der Waals surface area contributed by atoms with Gasteiger partial charge in [0.05, 0.1) is 17.2 Å². The van der Waals surface area contributed by atoms with Crippen molar-refractivity contribution in [3.05, 3.63) is 69.2 Å². The molecular weight excluding hydrogens is 482 g/mol. The molecule has 8 nitrogen and oxygen atoms in total. The van der Waals surface area contributed by atoms with Crippen LogP contribution in [-0.4, -0.2) is 61.6 Å². The Morgan fingerprint density at radius 3 is 2.58 bits per heavy atom. The summed E-state index contributed by atoms with van der Waals surface area (Å²) in [6.45, 7) is 4.29. The monoisotopic (exact) mass is 501 g/mol. The average Bonchev–Trinajstić information content (AvgIpc) is 3.49. The van der Waals surface area contributed by atoms with Crippen molar-refractivity contribution in [1.82, 2.24) is 24.4 Å². The van der Waals surface area contributed by atoms with Crippen molar-refractivity contribution in [2.45, 2.75) is 13.0 Å². The summed E-state index contributed by atoms with van der Waals surface area (Å²) in [4.78, 5) is 22.6. The Hall–Kier alpha value is -2.69. The van der Waals surface area contributed by atoms with Gasteiger partial charge in [0.1, 0.15) is 5.82 Å². The fourth-order valence-corrected chi connectivity index (χ4v) is 5.37. The second kappa shape index (κ2) is 8.10. The first-order chi connectivity index (χ1) is 15.0. The van der Waals surface area contributed by atoms with Crippen LogP contribution in [0.3, 0.4) is 0 Å². The lowest BCUT2D eigenvalue weighted by molar-refractivity contribution is 0.0568. The third-order valence-corrected chi connectivity index (χ3v) is 7.04. The predicted molar refractivity (Wildman–Crippen MR) is 119 cm³/mol. The number of aromatic nitrogens is 3. The Morgan fingerprint density at radius 2 is 1.94 bits per heavy atom. The van der Waals surface area contributed by atoms with Crippen LogP contribution < -0.4 is 0 Å². The SMILES string of the molecule is Cc1nc2sc(C(c3ccc(Br)cc3)N3CCN(C(=O)c4ccco4)CC3)c(O)n2n1. The minimum Gasteiger partial charge on any atom is -0.492 e. The molecule has 1 aromatic carbocycles. The first-order valence-corrected chi connectivity index (χ1v) is 11.5. The number of amides is 1. The van der Waals surface area contributed by atoms with E-state index in [4.69, 9.17) is 4.42 Å². The third kappa shape index (κ3) is 3.75. The number of aromatic hydroxyl groups is 1. The van der Waals surface area contributed by atoms with Gasteiger partial charge in [-0.3, -0.25) is 9.69 Å². The Balaban J connectivity index is 1.45. The summed E-state index contributed by atoms with van der Waals surface area (Å²) in [5.41, 5.74) is 1.06. The number of fused-ring (bicyclic) bond motifs is 1. The van der Waals surface area contributed by atoms with Crippen molar-refractivity contribution in [3.63, 3.8) is 0 Å². The van der Waals surface area contributed by atoms with E-state index in [2.05, 4.69) is 43.0 Å². The topological polar surface area (TPSA) is 87.1 Å². The molecule has 1 N–H and O–H groups in total. The number of hydrogen-bond acceptors (Lipinski definition) is 7. The van der Waals surface area contributed by atoms with Gasteiger partial charge in [0.15, 0.2) is 5.76 Å². The molecule has 160 valence electrons. The summed E-state index contributed by atoms with van der Waals surface area (Å²) in [6.07, 6.45) is 1.51. The van der Waals surface area contributed by atoms with Gasteiger partial charge < -0.3 is 14.4 Å². The van der Waals surface area contributed by atoms with Crippen LogP contribution in [0, 0.1) is 6.92 Å². The maximum atomic E-state index is 12.6. The molecule has 1 saturated heterocycles. The van der Waals surface area contributed by atoms with Crippen LogP contribution in [0.15, 0.2) is 51.6 Å². The number of thiazole rings is 1. The zero-order valence-electron chi connectivity index (χ0n) is 16.7. The smallest absolute Gasteiger partial charge is 0.289 e. The molecule has 1 fully saturated rings. The van der Waals surface area contributed by atoms with E-state index in [0.29, 0.717) is 42.7 Å². The molecule has 5 rings (SSSR count). The normalized spacial score (nSPS) is 16.1. The van der Waals surface area contributed by atoms with Gasteiger partial charge in [-0.15, -0.1) is 5.10 Å². The van der Waals surface area contributed by atoms with Crippen LogP contribution in [0.5, 0.6) is 5.88 Å². The molecule has 3 aromatic heterocycles. The van der Waals surface area contributed by atoms with Gasteiger partial charge in [0.25, 0.3) is 5.91 Å². The second-order valence-corrected chi connectivity index (χ2v) is 9.33. The molecule has 1 aliphatic heterocycles. The maximum absolute atomic E-state index is 12.6. The minimum atomic E-state index is -0.164. The molecule has 0 radical (unpaired) electrons. The van der Waals surface area contributed by atoms with Gasteiger partial charge in [-0.05, 0) is 36.8 Å². The van der Waals surface area contributed by atoms with Crippen molar-refractivity contribution >= 4 is 38.1 Å². The maximum Gasteiger partial charge on any atom is 0.289 e. The summed E-state index contributed by atoms with van der Waals surface area (Å²) in [5, 5.41) is 15.3. The van der Waals surface area contributed by atoms with E-state index in [1.807, 2.05) is 12.1 Å². The van der Waals surface area contributed by atoms with E-state index < -0.39 is 0 Å². The first-order valence-electron chi connectivity index (χ1n) is 9.88. The number of rotatable bonds is 4. The average molecular weight is 502 g/mol. The summed E-state index contributed by atoms with van der Waals surface area (Å²) >= 11 is 4.94. The number of furan rings is 1. The van der Waals surface area contributed by atoms with Gasteiger partial charge >= 0.3 is 0 Å². The standard InChI is InChI=1S/C21H20BrN5O3S/c1-13-23-21-27(24-13)20(29)18(31-21)17(14-4-6-15(22)7-5-14)25-8-10-26(11-9-25)19(28)16-3-2-12-30-16/h2-7,12,17,29H,8-11H2,1H3. The Morgan fingerprint density at radius 1 is 1.19 bits per heavy atom. The van der Waals surface area contributed by atoms with Crippen LogP contribution in [0.1, 0.15) is 32.9 Å². The molecule has 1 aliphatic rings. The van der Waals surface area contributed by atoms with Gasteiger partial charge in [-0.1, -0.05) is 39.4 Å². The van der Waals surface area contributed by atoms with Crippen LogP contribution in [0.4, 0.5) is 0 Å². The molecular formula is C21H20BrN5O3S. The number of nitrogens with zero attached hydrogens (tertiary/aromatic N) is 5. The number of benzene rings is 1. The van der Waals surface area contributed by atoms with Crippen LogP contribution in [0.2, 0.25) is 0 Å². The molecule has 0 aliphatic carbocycles. The van der Waals surface area contributed by atoms with Gasteiger partial charge in [0, 0.05) is 30.7 Å². The van der Waals surface area contributed by atoms with E-state index in [0.717, 1.165) is 14.9 Å². The molecule has 0 saturated carbocycles. The van der Waals surface area contributed by atoms with Crippen molar-refractivity contribution in [2.24, 2.45) is 0 Å². The summed E-state index contributed by atoms with van der Waals surface area (Å²) < 4.78 is 7.76. The highest BCUT2D eigenvalue weighted by Crippen LogP contribution is 2.40. The van der Waals surface area contributed by atoms with Gasteiger partial charge in [-0.2, -0.15) is 4.52 Å². The number of carbonyl (C=O) groups is 1. The number of aryl methyl sites for hydroxylation is 1. The lowest BCUT2D eigenvalue weighted by atomic mass is 10.0. The number of halogens is 1. The lowest BCUT2D eigenvalue weighted by Gasteiger charge is -2.38. The highest BCUT2D eigenvalue weighted by molar-refractivity contribution is 9.10. The quantitative estimate of drug-likeness (QED) is 0.458. The summed E-state index contributed by atoms with van der Waals surface area (Å²) in [7, 11) is 0. The van der Waals surface area contributed by atoms with E-state index in [9.17, 15) is 9.90 Å². The minimum absolute atomic E-state index is 0.0954. The third-order valence-electron chi connectivity index (χ3n) is 5.44. The highest BCUT2D eigenvalue weighted by Gasteiger charge is 2.33. The molecule has 4 heterocycles. The number of carbonyl (C=O) groups excluding carboxylic acids is 1. The Labute approximate surface area is 190 Å². The largest absolute Gasteiger partial charge is 0.492 e. The number of piperazine rings is 1. The molecule has 1 atom stereocenters. The molecule has 1 amide bonds. The zero-order chi connectivity index (χ0) is 21.5. The predicted octanol–water partition coefficient (Wildman–Crippen LogP) is 3.71. The lowest BCUT2D eigenvalue weighted by Crippen LogP contribution is -2.49. The van der Waals surface area contributed by atoms with Crippen LogP contribution in [0.25, 0.3) is 4.96 Å². The number of hydrogen-bond donors (Lipinski definition) is 1. The van der Waals surface area contributed by atoms with Crippen molar-refractivity contribution in [1.29, 1.82) is 0 Å². The molecule has 4 aromatic rings. The molecule has 1 unspecified atom stereocenters. The van der Waals surface area contributed by atoms with Crippen molar-refractivity contribution in [2.75, 3.05) is 26.2 Å². The summed E-state index contributed by atoms with van der Waals surface area (Å²) in [5.74, 6) is 0.999. The second-order valence-electron chi connectivity index (χ2n) is 7.40. The molecule has 10 heteroatoms. The Bertz CT molecular complexity index is 1210.